The number of nitrogens with one attached hydrogen (secondary N) is 1. The SMILES string of the molecule is C=CCN1CC(=O)N2[C@@H](Cc3ccc(OP(=O)([O-])[O-])cc3)C(=O)N(Cc3ccccc3)C[C@@H]2N1C(=O)NCc1ccccc1.[Na+].[Na+]. The van der Waals surface area contributed by atoms with Crippen LogP contribution in [0.5, 0.6) is 5.75 Å². The zero-order valence-corrected chi connectivity index (χ0v) is 30.8. The van der Waals surface area contributed by atoms with E-state index in [2.05, 4.69) is 16.4 Å². The van der Waals surface area contributed by atoms with Gasteiger partial charge in [0.2, 0.25) is 11.8 Å². The molecular weight excluding hydrogens is 631 g/mol. The number of phosphoric ester groups is 1. The summed E-state index contributed by atoms with van der Waals surface area (Å²) in [5.74, 6) is -0.763. The predicted octanol–water partition coefficient (Wildman–Crippen LogP) is -4.36. The molecule has 2 aliphatic rings. The van der Waals surface area contributed by atoms with Gasteiger partial charge in [0.15, 0.2) is 0 Å². The van der Waals surface area contributed by atoms with Crippen molar-refractivity contribution >= 4 is 25.7 Å². The van der Waals surface area contributed by atoms with E-state index in [1.807, 2.05) is 60.7 Å². The molecule has 0 spiro atoms. The summed E-state index contributed by atoms with van der Waals surface area (Å²) < 4.78 is 15.4. The summed E-state index contributed by atoms with van der Waals surface area (Å²) in [6.45, 7) is 4.51. The fourth-order valence-electron chi connectivity index (χ4n) is 5.54. The molecule has 0 saturated carbocycles. The van der Waals surface area contributed by atoms with E-state index in [4.69, 9.17) is 0 Å². The molecule has 4 amide bonds. The van der Waals surface area contributed by atoms with Gasteiger partial charge >= 0.3 is 65.1 Å². The van der Waals surface area contributed by atoms with E-state index >= 15 is 0 Å². The van der Waals surface area contributed by atoms with Crippen molar-refractivity contribution in [3.05, 3.63) is 114 Å². The number of urea groups is 1. The van der Waals surface area contributed by atoms with Gasteiger partial charge in [0.25, 0.3) is 0 Å². The normalized spacial score (nSPS) is 18.2. The van der Waals surface area contributed by atoms with Crippen LogP contribution in [-0.4, -0.2) is 69.5 Å². The maximum absolute atomic E-state index is 14.0. The molecule has 12 nitrogen and oxygen atoms in total. The van der Waals surface area contributed by atoms with Gasteiger partial charge in [-0.3, -0.25) is 9.59 Å². The number of phosphoric acid groups is 1. The monoisotopic (exact) mass is 663 g/mol. The average Bonchev–Trinajstić information content (AvgIpc) is 2.99. The fraction of sp³-hybridized carbons (Fsp3) is 0.258. The summed E-state index contributed by atoms with van der Waals surface area (Å²) in [5, 5.41) is 6.08. The van der Waals surface area contributed by atoms with Crippen molar-refractivity contribution in [3.63, 3.8) is 0 Å². The Bertz CT molecular complexity index is 1550. The second kappa shape index (κ2) is 17.1. The summed E-state index contributed by atoms with van der Waals surface area (Å²) in [5.41, 5.74) is 2.39. The van der Waals surface area contributed by atoms with Crippen LogP contribution in [0.25, 0.3) is 0 Å². The molecule has 0 aromatic heterocycles. The van der Waals surface area contributed by atoms with Gasteiger partial charge in [-0.15, -0.1) is 6.58 Å². The topological polar surface area (TPSA) is 149 Å². The van der Waals surface area contributed by atoms with Crippen LogP contribution in [0, 0.1) is 0 Å². The van der Waals surface area contributed by atoms with E-state index in [1.54, 1.807) is 16.0 Å². The van der Waals surface area contributed by atoms with E-state index in [0.29, 0.717) is 5.56 Å². The molecule has 2 saturated heterocycles. The van der Waals surface area contributed by atoms with Crippen LogP contribution in [0.15, 0.2) is 97.6 Å². The zero-order valence-electron chi connectivity index (χ0n) is 25.9. The van der Waals surface area contributed by atoms with Crippen LogP contribution >= 0.6 is 7.82 Å². The molecule has 2 atom stereocenters. The summed E-state index contributed by atoms with van der Waals surface area (Å²) in [6.07, 6.45) is 0.882. The molecule has 3 aromatic rings. The number of nitrogens with zero attached hydrogens (tertiary/aromatic N) is 4. The largest absolute Gasteiger partial charge is 1.00 e. The van der Waals surface area contributed by atoms with Crippen LogP contribution < -0.4 is 78.7 Å². The number of carbonyl (C=O) groups is 3. The fourth-order valence-corrected chi connectivity index (χ4v) is 5.92. The van der Waals surface area contributed by atoms with Crippen LogP contribution in [-0.2, 0) is 33.7 Å². The van der Waals surface area contributed by atoms with Crippen molar-refractivity contribution in [1.82, 2.24) is 25.1 Å². The van der Waals surface area contributed by atoms with Gasteiger partial charge in [-0.05, 0) is 28.8 Å². The Labute approximate surface area is 312 Å². The molecule has 0 unspecified atom stereocenters. The van der Waals surface area contributed by atoms with Crippen molar-refractivity contribution in [2.45, 2.75) is 31.7 Å². The Morgan fingerprint density at radius 1 is 0.935 bits per heavy atom. The van der Waals surface area contributed by atoms with Gasteiger partial charge in [-0.25, -0.2) is 14.8 Å². The molecule has 2 heterocycles. The van der Waals surface area contributed by atoms with Crippen LogP contribution in [0.3, 0.4) is 0 Å². The summed E-state index contributed by atoms with van der Waals surface area (Å²) >= 11 is 0. The van der Waals surface area contributed by atoms with Crippen molar-refractivity contribution in [2.24, 2.45) is 0 Å². The number of benzene rings is 3. The average molecular weight is 664 g/mol. The second-order valence-corrected chi connectivity index (χ2v) is 11.6. The van der Waals surface area contributed by atoms with Gasteiger partial charge in [-0.1, -0.05) is 78.9 Å². The third-order valence-corrected chi connectivity index (χ3v) is 7.88. The first-order valence-corrected chi connectivity index (χ1v) is 15.5. The Balaban J connectivity index is 0.00000288. The van der Waals surface area contributed by atoms with Crippen molar-refractivity contribution < 1.29 is 92.4 Å². The quantitative estimate of drug-likeness (QED) is 0.130. The molecular formula is C31H32N5Na2O7P. The standard InChI is InChI=1S/C31H34N5O7P.2Na/c1-2-17-34-22-29(37)35-27(18-23-13-15-26(16-14-23)43-44(40,41)42)30(38)33(20-25-11-7-4-8-12-25)21-28(35)36(34)31(39)32-19-24-9-5-3-6-10-24;;/h2-16,27-28H,1,17-22H2,(H,32,39)(H2,40,41,42);;/q;2*+1/p-2/t27-,28-;;/m0../s1. The molecule has 0 radical (unpaired) electrons. The molecule has 46 heavy (non-hydrogen) atoms. The molecule has 5 rings (SSSR count). The molecule has 2 aliphatic heterocycles. The maximum atomic E-state index is 14.0. The van der Waals surface area contributed by atoms with Gasteiger partial charge in [-0.2, -0.15) is 0 Å². The Hall–Kier alpha value is -2.48. The van der Waals surface area contributed by atoms with Crippen molar-refractivity contribution in [2.75, 3.05) is 19.6 Å². The second-order valence-electron chi connectivity index (χ2n) is 10.5. The van der Waals surface area contributed by atoms with E-state index < -0.39 is 26.1 Å². The third kappa shape index (κ3) is 9.54. The molecule has 0 aliphatic carbocycles. The van der Waals surface area contributed by atoms with Crippen LogP contribution in [0.2, 0.25) is 0 Å². The number of rotatable bonds is 10. The first-order valence-electron chi connectivity index (χ1n) is 14.0. The Morgan fingerprint density at radius 3 is 2.13 bits per heavy atom. The Morgan fingerprint density at radius 2 is 1.54 bits per heavy atom. The van der Waals surface area contributed by atoms with Gasteiger partial charge < -0.3 is 34.0 Å². The zero-order chi connectivity index (χ0) is 31.3. The summed E-state index contributed by atoms with van der Waals surface area (Å²) in [7, 11) is -5.24. The van der Waals surface area contributed by atoms with E-state index in [1.165, 1.54) is 34.2 Å². The molecule has 1 N–H and O–H groups in total. The van der Waals surface area contributed by atoms with E-state index in [-0.39, 0.29) is 116 Å². The van der Waals surface area contributed by atoms with Crippen molar-refractivity contribution in [1.29, 1.82) is 0 Å². The van der Waals surface area contributed by atoms with Gasteiger partial charge in [0, 0.05) is 26.1 Å². The molecule has 15 heteroatoms. The smallest absolute Gasteiger partial charge is 0.780 e. The minimum atomic E-state index is -5.24. The molecule has 2 fully saturated rings. The Kier molecular flexibility index (Phi) is 14.1. The summed E-state index contributed by atoms with van der Waals surface area (Å²) in [6, 6.07) is 23.2. The molecule has 3 aromatic carbocycles. The minimum Gasteiger partial charge on any atom is -0.780 e. The number of hydrogen-bond donors (Lipinski definition) is 1. The van der Waals surface area contributed by atoms with Crippen molar-refractivity contribution in [3.8, 4) is 5.75 Å². The molecule has 0 bridgehead atoms. The number of fused-ring (bicyclic) bond motifs is 1. The molecule has 230 valence electrons. The van der Waals surface area contributed by atoms with Crippen LogP contribution in [0.4, 0.5) is 4.79 Å². The predicted molar refractivity (Wildman–Crippen MR) is 157 cm³/mol. The first-order chi connectivity index (χ1) is 21.1. The van der Waals surface area contributed by atoms with Crippen LogP contribution in [0.1, 0.15) is 16.7 Å². The number of amides is 4. The number of hydrogen-bond acceptors (Lipinski definition) is 8. The number of carbonyl (C=O) groups excluding carboxylic acids is 3. The van der Waals surface area contributed by atoms with Gasteiger partial charge in [0.05, 0.1) is 13.1 Å². The number of hydrazine groups is 1. The van der Waals surface area contributed by atoms with E-state index in [9.17, 15) is 28.7 Å². The van der Waals surface area contributed by atoms with E-state index in [0.717, 1.165) is 11.1 Å². The first kappa shape index (κ1) is 38.0. The third-order valence-electron chi connectivity index (χ3n) is 7.45. The number of piperazine rings is 1. The maximum Gasteiger partial charge on any atom is 1.00 e. The summed E-state index contributed by atoms with van der Waals surface area (Å²) in [4.78, 5) is 66.7. The van der Waals surface area contributed by atoms with Gasteiger partial charge in [0.1, 0.15) is 25.8 Å². The minimum absolute atomic E-state index is 0.